The molecule has 116 valence electrons. The Morgan fingerprint density at radius 3 is 2.95 bits per heavy atom. The second-order valence-electron chi connectivity index (χ2n) is 5.59. The molecular weight excluding hydrogens is 268 g/mol. The molecule has 2 rings (SSSR count). The Morgan fingerprint density at radius 1 is 1.43 bits per heavy atom. The van der Waals surface area contributed by atoms with Crippen molar-refractivity contribution in [3.05, 3.63) is 29.3 Å². The first kappa shape index (κ1) is 15.8. The van der Waals surface area contributed by atoms with Gasteiger partial charge < -0.3 is 20.5 Å². The molecule has 21 heavy (non-hydrogen) atoms. The number of aliphatic hydroxyl groups excluding tert-OH is 1. The maximum atomic E-state index is 11.8. The van der Waals surface area contributed by atoms with Crippen LogP contribution in [0.2, 0.25) is 0 Å². The molecule has 5 heteroatoms. The Labute approximate surface area is 125 Å². The molecule has 2 atom stereocenters. The van der Waals surface area contributed by atoms with Gasteiger partial charge in [-0.25, -0.2) is 0 Å². The van der Waals surface area contributed by atoms with Crippen LogP contribution in [0.5, 0.6) is 5.75 Å². The van der Waals surface area contributed by atoms with E-state index >= 15 is 0 Å². The van der Waals surface area contributed by atoms with Gasteiger partial charge in [-0.15, -0.1) is 0 Å². The van der Waals surface area contributed by atoms with Crippen molar-refractivity contribution in [2.24, 2.45) is 5.92 Å². The third-order valence-electron chi connectivity index (χ3n) is 4.01. The first-order chi connectivity index (χ1) is 10.1. The van der Waals surface area contributed by atoms with Gasteiger partial charge in [0.05, 0.1) is 19.1 Å². The average molecular weight is 292 g/mol. The number of nitrogens with one attached hydrogen (secondary N) is 2. The first-order valence-electron chi connectivity index (χ1n) is 7.42. The third kappa shape index (κ3) is 4.44. The topological polar surface area (TPSA) is 70.6 Å². The van der Waals surface area contributed by atoms with E-state index in [2.05, 4.69) is 10.6 Å². The number of β-amino-alcohol motifs (C(OH)–C–C–N with tert-alkyl or cyclic N) is 1. The largest absolute Gasteiger partial charge is 0.493 e. The molecule has 1 aromatic rings. The number of aryl methyl sites for hydroxylation is 1. The van der Waals surface area contributed by atoms with Crippen LogP contribution in [0.25, 0.3) is 0 Å². The van der Waals surface area contributed by atoms with Gasteiger partial charge in [-0.1, -0.05) is 12.1 Å². The van der Waals surface area contributed by atoms with Crippen molar-refractivity contribution in [3.63, 3.8) is 0 Å². The van der Waals surface area contributed by atoms with E-state index in [1.54, 1.807) is 0 Å². The number of hydrogen-bond acceptors (Lipinski definition) is 4. The van der Waals surface area contributed by atoms with Crippen LogP contribution in [-0.2, 0) is 4.79 Å². The lowest BCUT2D eigenvalue weighted by molar-refractivity contribution is -0.121. The minimum absolute atomic E-state index is 0.0422. The molecule has 1 fully saturated rings. The van der Waals surface area contributed by atoms with Gasteiger partial charge in [-0.05, 0) is 31.0 Å². The number of rotatable bonds is 6. The summed E-state index contributed by atoms with van der Waals surface area (Å²) in [5.74, 6) is 0.895. The summed E-state index contributed by atoms with van der Waals surface area (Å²) in [6.07, 6.45) is -0.0413. The smallest absolute Gasteiger partial charge is 0.223 e. The van der Waals surface area contributed by atoms with Crippen molar-refractivity contribution in [3.8, 4) is 5.75 Å². The highest BCUT2D eigenvalue weighted by Crippen LogP contribution is 2.20. The fourth-order valence-electron chi connectivity index (χ4n) is 2.40. The number of amides is 1. The number of benzene rings is 1. The van der Waals surface area contributed by atoms with Gasteiger partial charge in [0.25, 0.3) is 0 Å². The quantitative estimate of drug-likeness (QED) is 0.724. The molecule has 0 saturated carbocycles. The zero-order valence-electron chi connectivity index (χ0n) is 12.7. The number of hydrogen-bond donors (Lipinski definition) is 3. The van der Waals surface area contributed by atoms with Gasteiger partial charge in [0, 0.05) is 25.6 Å². The highest BCUT2D eigenvalue weighted by molar-refractivity contribution is 5.76. The Bertz CT molecular complexity index is 490. The fourth-order valence-corrected chi connectivity index (χ4v) is 2.40. The molecule has 0 bridgehead atoms. The summed E-state index contributed by atoms with van der Waals surface area (Å²) in [6.45, 7) is 6.28. The zero-order valence-corrected chi connectivity index (χ0v) is 12.7. The summed E-state index contributed by atoms with van der Waals surface area (Å²) >= 11 is 0. The summed E-state index contributed by atoms with van der Waals surface area (Å²) < 4.78 is 5.66. The summed E-state index contributed by atoms with van der Waals surface area (Å²) in [5, 5.41) is 15.6. The molecule has 0 radical (unpaired) electrons. The monoisotopic (exact) mass is 292 g/mol. The van der Waals surface area contributed by atoms with Gasteiger partial charge in [-0.3, -0.25) is 4.79 Å². The van der Waals surface area contributed by atoms with E-state index in [-0.39, 0.29) is 17.9 Å². The molecule has 0 aromatic heterocycles. The summed E-state index contributed by atoms with van der Waals surface area (Å²) in [7, 11) is 0. The van der Waals surface area contributed by atoms with Crippen LogP contribution in [0, 0.1) is 19.8 Å². The normalized spacial score (nSPS) is 21.3. The van der Waals surface area contributed by atoms with Crippen molar-refractivity contribution in [1.82, 2.24) is 10.6 Å². The van der Waals surface area contributed by atoms with E-state index in [0.717, 1.165) is 17.9 Å². The Morgan fingerprint density at radius 2 is 2.24 bits per heavy atom. The number of aliphatic hydroxyl groups is 1. The lowest BCUT2D eigenvalue weighted by atomic mass is 10.1. The zero-order chi connectivity index (χ0) is 15.2. The Balaban J connectivity index is 1.68. The minimum atomic E-state index is -0.364. The van der Waals surface area contributed by atoms with Crippen LogP contribution in [0.3, 0.4) is 0 Å². The second kappa shape index (κ2) is 7.43. The molecule has 3 N–H and O–H groups in total. The number of carbonyl (C=O) groups excluding carboxylic acids is 1. The van der Waals surface area contributed by atoms with E-state index in [0.29, 0.717) is 26.1 Å². The minimum Gasteiger partial charge on any atom is -0.493 e. The lowest BCUT2D eigenvalue weighted by Gasteiger charge is -2.14. The Kier molecular flexibility index (Phi) is 5.59. The van der Waals surface area contributed by atoms with Crippen LogP contribution in [0.1, 0.15) is 17.5 Å². The molecule has 1 aliphatic rings. The predicted molar refractivity (Wildman–Crippen MR) is 81.4 cm³/mol. The highest BCUT2D eigenvalue weighted by Gasteiger charge is 2.24. The van der Waals surface area contributed by atoms with Crippen molar-refractivity contribution in [2.45, 2.75) is 26.4 Å². The third-order valence-corrected chi connectivity index (χ3v) is 4.01. The molecule has 0 spiro atoms. The summed E-state index contributed by atoms with van der Waals surface area (Å²) in [5.41, 5.74) is 2.29. The van der Waals surface area contributed by atoms with Gasteiger partial charge in [-0.2, -0.15) is 0 Å². The first-order valence-corrected chi connectivity index (χ1v) is 7.42. The van der Waals surface area contributed by atoms with E-state index in [1.165, 1.54) is 5.56 Å². The molecule has 1 aliphatic heterocycles. The van der Waals surface area contributed by atoms with E-state index in [4.69, 9.17) is 4.74 Å². The van der Waals surface area contributed by atoms with Gasteiger partial charge in [0.1, 0.15) is 5.75 Å². The van der Waals surface area contributed by atoms with Crippen molar-refractivity contribution in [1.29, 1.82) is 0 Å². The summed E-state index contributed by atoms with van der Waals surface area (Å²) in [6, 6.07) is 5.91. The molecule has 1 heterocycles. The van der Waals surface area contributed by atoms with Crippen LogP contribution in [-0.4, -0.2) is 43.4 Å². The van der Waals surface area contributed by atoms with Crippen molar-refractivity contribution < 1.29 is 14.6 Å². The number of carbonyl (C=O) groups is 1. The molecule has 1 amide bonds. The molecule has 5 nitrogen and oxygen atoms in total. The van der Waals surface area contributed by atoms with Crippen LogP contribution in [0.15, 0.2) is 18.2 Å². The fraction of sp³-hybridized carbons (Fsp3) is 0.562. The maximum Gasteiger partial charge on any atom is 0.223 e. The van der Waals surface area contributed by atoms with Gasteiger partial charge >= 0.3 is 0 Å². The molecule has 0 aliphatic carbocycles. The van der Waals surface area contributed by atoms with Gasteiger partial charge in [0.15, 0.2) is 0 Å². The molecular formula is C16H24N2O3. The van der Waals surface area contributed by atoms with Crippen molar-refractivity contribution in [2.75, 3.05) is 26.2 Å². The molecule has 1 aromatic carbocycles. The highest BCUT2D eigenvalue weighted by atomic mass is 16.5. The summed E-state index contributed by atoms with van der Waals surface area (Å²) in [4.78, 5) is 11.8. The van der Waals surface area contributed by atoms with E-state index in [9.17, 15) is 9.90 Å². The van der Waals surface area contributed by atoms with Crippen LogP contribution < -0.4 is 15.4 Å². The average Bonchev–Trinajstić information content (AvgIpc) is 2.87. The van der Waals surface area contributed by atoms with Crippen LogP contribution >= 0.6 is 0 Å². The van der Waals surface area contributed by atoms with Crippen molar-refractivity contribution >= 4 is 5.91 Å². The standard InChI is InChI=1S/C16H24N2O3/c1-11-4-3-5-15(12(11)2)21-7-6-16(20)18-9-13-8-17-10-14(13)19/h3-5,13-14,17,19H,6-10H2,1-2H3,(H,18,20). The SMILES string of the molecule is Cc1cccc(OCCC(=O)NCC2CNCC2O)c1C. The van der Waals surface area contributed by atoms with Gasteiger partial charge in [0.2, 0.25) is 5.91 Å². The van der Waals surface area contributed by atoms with Crippen LogP contribution in [0.4, 0.5) is 0 Å². The van der Waals surface area contributed by atoms with E-state index < -0.39 is 0 Å². The maximum absolute atomic E-state index is 11.8. The second-order valence-corrected chi connectivity index (χ2v) is 5.59. The molecule has 1 saturated heterocycles. The predicted octanol–water partition coefficient (Wildman–Crippen LogP) is 0.769. The Hall–Kier alpha value is -1.59. The lowest BCUT2D eigenvalue weighted by Crippen LogP contribution is -2.34. The molecule has 2 unspecified atom stereocenters. The van der Waals surface area contributed by atoms with E-state index in [1.807, 2.05) is 32.0 Å². The number of ether oxygens (including phenoxy) is 1.